The number of aliphatic hydroxyl groups is 1. The van der Waals surface area contributed by atoms with Gasteiger partial charge in [0, 0.05) is 0 Å². The van der Waals surface area contributed by atoms with Crippen LogP contribution in [0, 0.1) is 5.82 Å². The van der Waals surface area contributed by atoms with Crippen molar-refractivity contribution in [2.75, 3.05) is 6.61 Å². The van der Waals surface area contributed by atoms with Gasteiger partial charge in [-0.05, 0) is 23.8 Å². The largest absolute Gasteiger partial charge is 0.548 e. The number of carbonyl (C=O) groups excluding carboxylic acids is 2. The Kier molecular flexibility index (Phi) is 4.71. The fraction of sp³-hybridized carbons (Fsp3) is 0.154. The van der Waals surface area contributed by atoms with Crippen molar-refractivity contribution in [1.82, 2.24) is 4.90 Å². The Hall–Kier alpha value is -1.77. The lowest BCUT2D eigenvalue weighted by molar-refractivity contribution is -0.311. The molecule has 8 heteroatoms. The van der Waals surface area contributed by atoms with Crippen molar-refractivity contribution in [2.24, 2.45) is 0 Å². The molecule has 1 atom stereocenters. The van der Waals surface area contributed by atoms with E-state index in [1.165, 1.54) is 30.3 Å². The summed E-state index contributed by atoms with van der Waals surface area (Å²) >= 11 is 5.87. The minimum absolute atomic E-state index is 0.0246. The quantitative estimate of drug-likeness (QED) is 0.626. The first-order valence-corrected chi connectivity index (χ1v) is 7.01. The van der Waals surface area contributed by atoms with E-state index in [0.717, 1.165) is 16.7 Å². The number of aliphatic hydroxyl groups excluding tert-OH is 1. The monoisotopic (exact) mass is 326 g/mol. The van der Waals surface area contributed by atoms with Crippen molar-refractivity contribution < 1.29 is 24.2 Å². The third-order valence-corrected chi connectivity index (χ3v) is 4.08. The second kappa shape index (κ2) is 6.33. The van der Waals surface area contributed by atoms with Gasteiger partial charge in [0.05, 0.1) is 17.5 Å². The van der Waals surface area contributed by atoms with Crippen LogP contribution >= 0.6 is 24.0 Å². The van der Waals surface area contributed by atoms with E-state index in [0.29, 0.717) is 5.56 Å². The summed E-state index contributed by atoms with van der Waals surface area (Å²) < 4.78 is 12.8. The molecule has 1 aliphatic rings. The number of nitrogens with zero attached hydrogens (tertiary/aromatic N) is 1. The summed E-state index contributed by atoms with van der Waals surface area (Å²) in [4.78, 5) is 24.1. The number of hydrogen-bond acceptors (Lipinski definition) is 6. The SMILES string of the molecule is O=C([O-])[C@@H](CO)N1C(=O)/C(=C/c2ccc(F)cc2)SC1=S. The third kappa shape index (κ3) is 3.29. The number of benzene rings is 1. The molecule has 0 unspecified atom stereocenters. The highest BCUT2D eigenvalue weighted by molar-refractivity contribution is 8.26. The van der Waals surface area contributed by atoms with Gasteiger partial charge in [-0.15, -0.1) is 0 Å². The average Bonchev–Trinajstić information content (AvgIpc) is 2.70. The summed E-state index contributed by atoms with van der Waals surface area (Å²) in [5.74, 6) is -2.62. The zero-order valence-corrected chi connectivity index (χ0v) is 12.1. The molecular weight excluding hydrogens is 317 g/mol. The number of carboxylic acid groups (broad SMARTS) is 1. The zero-order chi connectivity index (χ0) is 15.6. The standard InChI is InChI=1S/C13H10FNO4S2/c14-8-3-1-7(2-4-8)5-10-11(17)15(13(20)21-10)9(6-16)12(18)19/h1-5,9,16H,6H2,(H,18,19)/p-1/b10-5-/t9-/m1/s1. The molecule has 2 rings (SSSR count). The molecule has 0 saturated carbocycles. The molecule has 5 nitrogen and oxygen atoms in total. The van der Waals surface area contributed by atoms with Crippen LogP contribution in [0.5, 0.6) is 0 Å². The van der Waals surface area contributed by atoms with Crippen LogP contribution in [0.2, 0.25) is 0 Å². The molecule has 1 amide bonds. The highest BCUT2D eigenvalue weighted by Gasteiger charge is 2.37. The van der Waals surface area contributed by atoms with Crippen LogP contribution in [-0.2, 0) is 9.59 Å². The topological polar surface area (TPSA) is 80.7 Å². The molecular formula is C13H9FNO4S2-. The summed E-state index contributed by atoms with van der Waals surface area (Å²) in [6, 6.07) is 3.92. The van der Waals surface area contributed by atoms with Crippen molar-refractivity contribution in [3.05, 3.63) is 40.6 Å². The first kappa shape index (κ1) is 15.6. The van der Waals surface area contributed by atoms with E-state index in [1.54, 1.807) is 0 Å². The Balaban J connectivity index is 2.29. The smallest absolute Gasteiger partial charge is 0.266 e. The zero-order valence-electron chi connectivity index (χ0n) is 10.5. The minimum atomic E-state index is -1.59. The molecule has 1 fully saturated rings. The van der Waals surface area contributed by atoms with E-state index in [9.17, 15) is 19.1 Å². The van der Waals surface area contributed by atoms with Gasteiger partial charge in [0.15, 0.2) is 0 Å². The number of halogens is 1. The molecule has 0 radical (unpaired) electrons. The van der Waals surface area contributed by atoms with Gasteiger partial charge in [0.25, 0.3) is 5.91 Å². The number of amides is 1. The molecule has 110 valence electrons. The number of carboxylic acids is 1. The number of carbonyl (C=O) groups is 2. The van der Waals surface area contributed by atoms with Crippen LogP contribution in [0.25, 0.3) is 6.08 Å². The van der Waals surface area contributed by atoms with Crippen LogP contribution in [0.15, 0.2) is 29.2 Å². The van der Waals surface area contributed by atoms with Crippen LogP contribution in [0.3, 0.4) is 0 Å². The lowest BCUT2D eigenvalue weighted by atomic mass is 10.2. The second-order valence-corrected chi connectivity index (χ2v) is 5.80. The van der Waals surface area contributed by atoms with E-state index >= 15 is 0 Å². The number of hydrogen-bond donors (Lipinski definition) is 1. The normalized spacial score (nSPS) is 18.4. The summed E-state index contributed by atoms with van der Waals surface area (Å²) in [6.07, 6.45) is 1.47. The maximum Gasteiger partial charge on any atom is 0.266 e. The lowest BCUT2D eigenvalue weighted by Gasteiger charge is -2.25. The summed E-state index contributed by atoms with van der Waals surface area (Å²) in [5, 5.41) is 20.0. The highest BCUT2D eigenvalue weighted by atomic mass is 32.2. The minimum Gasteiger partial charge on any atom is -0.548 e. The first-order chi connectivity index (χ1) is 9.93. The molecule has 1 aromatic carbocycles. The second-order valence-electron chi connectivity index (χ2n) is 4.12. The van der Waals surface area contributed by atoms with E-state index in [1.807, 2.05) is 0 Å². The number of thioether (sulfide) groups is 1. The van der Waals surface area contributed by atoms with Gasteiger partial charge < -0.3 is 15.0 Å². The van der Waals surface area contributed by atoms with Crippen LogP contribution < -0.4 is 5.11 Å². The van der Waals surface area contributed by atoms with Gasteiger partial charge in [-0.3, -0.25) is 9.69 Å². The molecule has 1 heterocycles. The van der Waals surface area contributed by atoms with Crippen molar-refractivity contribution in [3.8, 4) is 0 Å². The molecule has 1 aromatic rings. The first-order valence-electron chi connectivity index (χ1n) is 5.78. The van der Waals surface area contributed by atoms with Crippen molar-refractivity contribution in [2.45, 2.75) is 6.04 Å². The van der Waals surface area contributed by atoms with Crippen LogP contribution in [0.1, 0.15) is 5.56 Å². The molecule has 21 heavy (non-hydrogen) atoms. The van der Waals surface area contributed by atoms with Crippen molar-refractivity contribution >= 4 is 46.3 Å². The molecule has 1 aliphatic heterocycles. The fourth-order valence-electron chi connectivity index (χ4n) is 1.72. The summed E-state index contributed by atoms with van der Waals surface area (Å²) in [6.45, 7) is -0.793. The Morgan fingerprint density at radius 1 is 1.48 bits per heavy atom. The Morgan fingerprint density at radius 3 is 2.62 bits per heavy atom. The molecule has 0 aliphatic carbocycles. The Bertz CT molecular complexity index is 630. The third-order valence-electron chi connectivity index (χ3n) is 2.75. The van der Waals surface area contributed by atoms with Crippen LogP contribution in [-0.4, -0.2) is 38.9 Å². The molecule has 1 N–H and O–H groups in total. The van der Waals surface area contributed by atoms with E-state index in [4.69, 9.17) is 17.3 Å². The number of rotatable bonds is 4. The molecule has 0 aromatic heterocycles. The predicted octanol–water partition coefficient (Wildman–Crippen LogP) is 0.138. The van der Waals surface area contributed by atoms with Crippen LogP contribution in [0.4, 0.5) is 4.39 Å². The summed E-state index contributed by atoms with van der Waals surface area (Å²) in [5.41, 5.74) is 0.575. The molecule has 0 bridgehead atoms. The van der Waals surface area contributed by atoms with Gasteiger partial charge in [0.1, 0.15) is 16.2 Å². The predicted molar refractivity (Wildman–Crippen MR) is 77.3 cm³/mol. The van der Waals surface area contributed by atoms with Gasteiger partial charge in [-0.1, -0.05) is 36.1 Å². The van der Waals surface area contributed by atoms with Crippen molar-refractivity contribution in [1.29, 1.82) is 0 Å². The van der Waals surface area contributed by atoms with Gasteiger partial charge in [0.2, 0.25) is 0 Å². The van der Waals surface area contributed by atoms with E-state index in [-0.39, 0.29) is 9.23 Å². The molecule has 0 spiro atoms. The maximum absolute atomic E-state index is 12.8. The highest BCUT2D eigenvalue weighted by Crippen LogP contribution is 2.33. The van der Waals surface area contributed by atoms with Gasteiger partial charge in [-0.25, -0.2) is 4.39 Å². The fourth-order valence-corrected chi connectivity index (χ4v) is 3.08. The maximum atomic E-state index is 12.8. The van der Waals surface area contributed by atoms with Crippen molar-refractivity contribution in [3.63, 3.8) is 0 Å². The van der Waals surface area contributed by atoms with E-state index in [2.05, 4.69) is 0 Å². The van der Waals surface area contributed by atoms with E-state index < -0.39 is 30.3 Å². The Labute approximate surface area is 129 Å². The average molecular weight is 326 g/mol. The van der Waals surface area contributed by atoms with Gasteiger partial charge in [-0.2, -0.15) is 0 Å². The number of thiocarbonyl (C=S) groups is 1. The summed E-state index contributed by atoms with van der Waals surface area (Å²) in [7, 11) is 0. The lowest BCUT2D eigenvalue weighted by Crippen LogP contribution is -2.51. The molecule has 1 saturated heterocycles. The number of aliphatic carboxylic acids is 1. The van der Waals surface area contributed by atoms with Gasteiger partial charge >= 0.3 is 0 Å². The Morgan fingerprint density at radius 2 is 2.10 bits per heavy atom.